The number of halogens is 2. The van der Waals surface area contributed by atoms with Crippen LogP contribution in [0.15, 0.2) is 18.2 Å². The molecule has 0 aliphatic carbocycles. The van der Waals surface area contributed by atoms with E-state index in [4.69, 9.17) is 5.73 Å². The molecular formula is C14H22F2N2. The van der Waals surface area contributed by atoms with E-state index in [0.29, 0.717) is 18.7 Å². The lowest BCUT2D eigenvalue weighted by atomic mass is 9.95. The Morgan fingerprint density at radius 1 is 1.28 bits per heavy atom. The minimum Gasteiger partial charge on any atom is -0.329 e. The van der Waals surface area contributed by atoms with Gasteiger partial charge in [-0.05, 0) is 38.1 Å². The van der Waals surface area contributed by atoms with Gasteiger partial charge in [0.05, 0.1) is 0 Å². The lowest BCUT2D eigenvalue weighted by molar-refractivity contribution is 0.103. The molecule has 0 spiro atoms. The van der Waals surface area contributed by atoms with Crippen LogP contribution in [0.2, 0.25) is 0 Å². The molecule has 0 bridgehead atoms. The van der Waals surface area contributed by atoms with E-state index >= 15 is 0 Å². The molecule has 0 aliphatic heterocycles. The van der Waals surface area contributed by atoms with Gasteiger partial charge in [0.1, 0.15) is 11.6 Å². The smallest absolute Gasteiger partial charge is 0.127 e. The maximum absolute atomic E-state index is 13.6. The van der Waals surface area contributed by atoms with Gasteiger partial charge in [-0.1, -0.05) is 13.8 Å². The second kappa shape index (κ2) is 6.25. The third-order valence-electron chi connectivity index (χ3n) is 3.72. The van der Waals surface area contributed by atoms with Gasteiger partial charge in [-0.25, -0.2) is 8.78 Å². The van der Waals surface area contributed by atoms with Crippen molar-refractivity contribution in [1.29, 1.82) is 0 Å². The molecule has 1 aromatic carbocycles. The average Bonchev–Trinajstić information content (AvgIpc) is 2.38. The molecule has 0 fully saturated rings. The van der Waals surface area contributed by atoms with Crippen molar-refractivity contribution in [2.45, 2.75) is 39.3 Å². The van der Waals surface area contributed by atoms with Crippen LogP contribution >= 0.6 is 0 Å². The fourth-order valence-electron chi connectivity index (χ4n) is 2.05. The summed E-state index contributed by atoms with van der Waals surface area (Å²) in [4.78, 5) is 2.09. The Balaban J connectivity index is 2.95. The number of nitrogens with two attached hydrogens (primary N) is 1. The van der Waals surface area contributed by atoms with Gasteiger partial charge in [0.25, 0.3) is 0 Å². The van der Waals surface area contributed by atoms with Crippen LogP contribution in [-0.4, -0.2) is 23.5 Å². The van der Waals surface area contributed by atoms with Crippen molar-refractivity contribution in [3.8, 4) is 0 Å². The van der Waals surface area contributed by atoms with Crippen LogP contribution < -0.4 is 5.73 Å². The van der Waals surface area contributed by atoms with Crippen molar-refractivity contribution in [3.63, 3.8) is 0 Å². The van der Waals surface area contributed by atoms with Gasteiger partial charge in [0, 0.05) is 24.2 Å². The Bertz CT molecular complexity index is 389. The largest absolute Gasteiger partial charge is 0.329 e. The van der Waals surface area contributed by atoms with Crippen molar-refractivity contribution in [2.24, 2.45) is 5.73 Å². The van der Waals surface area contributed by atoms with Gasteiger partial charge in [-0.3, -0.25) is 4.90 Å². The molecule has 0 heterocycles. The Labute approximate surface area is 108 Å². The zero-order valence-corrected chi connectivity index (χ0v) is 11.3. The molecule has 2 N–H and O–H groups in total. The van der Waals surface area contributed by atoms with E-state index in [1.54, 1.807) is 0 Å². The van der Waals surface area contributed by atoms with Crippen molar-refractivity contribution >= 4 is 0 Å². The first-order chi connectivity index (χ1) is 8.46. The number of benzene rings is 1. The molecule has 18 heavy (non-hydrogen) atoms. The Hall–Kier alpha value is -1.00. The Morgan fingerprint density at radius 2 is 1.94 bits per heavy atom. The van der Waals surface area contributed by atoms with E-state index < -0.39 is 5.82 Å². The molecule has 1 unspecified atom stereocenters. The molecular weight excluding hydrogens is 234 g/mol. The van der Waals surface area contributed by atoms with E-state index in [-0.39, 0.29) is 11.4 Å². The van der Waals surface area contributed by atoms with Crippen LogP contribution in [0.3, 0.4) is 0 Å². The number of rotatable bonds is 6. The zero-order valence-electron chi connectivity index (χ0n) is 11.3. The van der Waals surface area contributed by atoms with E-state index in [2.05, 4.69) is 11.8 Å². The van der Waals surface area contributed by atoms with Gasteiger partial charge in [-0.2, -0.15) is 0 Å². The number of nitrogens with zero attached hydrogens (tertiary/aromatic N) is 1. The highest BCUT2D eigenvalue weighted by atomic mass is 19.1. The molecule has 102 valence electrons. The van der Waals surface area contributed by atoms with Gasteiger partial charge in [-0.15, -0.1) is 0 Å². The molecule has 4 heteroatoms. The third kappa shape index (κ3) is 3.27. The molecule has 0 aliphatic rings. The summed E-state index contributed by atoms with van der Waals surface area (Å²) in [5.74, 6) is -0.779. The summed E-state index contributed by atoms with van der Waals surface area (Å²) in [5.41, 5.74) is 6.00. The molecule has 0 aromatic heterocycles. The first-order valence-electron chi connectivity index (χ1n) is 6.36. The second-order valence-electron chi connectivity index (χ2n) is 4.80. The summed E-state index contributed by atoms with van der Waals surface area (Å²) in [6.07, 6.45) is 0.869. The van der Waals surface area contributed by atoms with E-state index in [0.717, 1.165) is 19.0 Å². The fraction of sp³-hybridized carbons (Fsp3) is 0.571. The van der Waals surface area contributed by atoms with E-state index in [1.807, 2.05) is 13.8 Å². The van der Waals surface area contributed by atoms with Crippen LogP contribution in [0.5, 0.6) is 0 Å². The maximum atomic E-state index is 13.6. The van der Waals surface area contributed by atoms with Crippen molar-refractivity contribution < 1.29 is 8.78 Å². The standard InChI is InChI=1S/C14H22F2N2/c1-4-14(3,10-17)18(5-2)9-11-8-12(15)6-7-13(11)16/h6-8H,4-5,9-10,17H2,1-3H3. The van der Waals surface area contributed by atoms with Gasteiger partial charge in [0.15, 0.2) is 0 Å². The number of hydrogen-bond donors (Lipinski definition) is 1. The fourth-order valence-corrected chi connectivity index (χ4v) is 2.05. The lowest BCUT2D eigenvalue weighted by Crippen LogP contribution is -2.50. The van der Waals surface area contributed by atoms with Crippen LogP contribution in [0.4, 0.5) is 8.78 Å². The summed E-state index contributed by atoms with van der Waals surface area (Å²) < 4.78 is 26.8. The molecule has 2 nitrogen and oxygen atoms in total. The SMILES string of the molecule is CCN(Cc1cc(F)ccc1F)C(C)(CC)CN. The molecule has 1 rings (SSSR count). The highest BCUT2D eigenvalue weighted by molar-refractivity contribution is 5.19. The highest BCUT2D eigenvalue weighted by Crippen LogP contribution is 2.22. The van der Waals surface area contributed by atoms with Crippen LogP contribution in [0.1, 0.15) is 32.8 Å². The van der Waals surface area contributed by atoms with Gasteiger partial charge in [0.2, 0.25) is 0 Å². The highest BCUT2D eigenvalue weighted by Gasteiger charge is 2.28. The van der Waals surface area contributed by atoms with Crippen LogP contribution in [0.25, 0.3) is 0 Å². The zero-order chi connectivity index (χ0) is 13.8. The molecule has 1 aromatic rings. The maximum Gasteiger partial charge on any atom is 0.127 e. The van der Waals surface area contributed by atoms with E-state index in [1.165, 1.54) is 12.1 Å². The van der Waals surface area contributed by atoms with Crippen molar-refractivity contribution in [3.05, 3.63) is 35.4 Å². The second-order valence-corrected chi connectivity index (χ2v) is 4.80. The van der Waals surface area contributed by atoms with Crippen LogP contribution in [0, 0.1) is 11.6 Å². The Morgan fingerprint density at radius 3 is 2.44 bits per heavy atom. The minimum atomic E-state index is -0.409. The summed E-state index contributed by atoms with van der Waals surface area (Å²) in [7, 11) is 0. The Kier molecular flexibility index (Phi) is 5.23. The summed E-state index contributed by atoms with van der Waals surface area (Å²) in [5, 5.41) is 0. The van der Waals surface area contributed by atoms with Crippen molar-refractivity contribution in [1.82, 2.24) is 4.90 Å². The monoisotopic (exact) mass is 256 g/mol. The number of hydrogen-bond acceptors (Lipinski definition) is 2. The molecule has 0 radical (unpaired) electrons. The topological polar surface area (TPSA) is 29.3 Å². The lowest BCUT2D eigenvalue weighted by Gasteiger charge is -2.39. The summed E-state index contributed by atoms with van der Waals surface area (Å²) >= 11 is 0. The molecule has 0 amide bonds. The van der Waals surface area contributed by atoms with Crippen molar-refractivity contribution in [2.75, 3.05) is 13.1 Å². The third-order valence-corrected chi connectivity index (χ3v) is 3.72. The molecule has 0 saturated carbocycles. The predicted octanol–water partition coefficient (Wildman–Crippen LogP) is 2.91. The molecule has 0 saturated heterocycles. The van der Waals surface area contributed by atoms with E-state index in [9.17, 15) is 8.78 Å². The van der Waals surface area contributed by atoms with Crippen LogP contribution in [-0.2, 0) is 6.54 Å². The van der Waals surface area contributed by atoms with Gasteiger partial charge >= 0.3 is 0 Å². The predicted molar refractivity (Wildman–Crippen MR) is 70.2 cm³/mol. The summed E-state index contributed by atoms with van der Waals surface area (Å²) in [6.45, 7) is 7.72. The number of likely N-dealkylation sites (N-methyl/N-ethyl adjacent to an activating group) is 1. The first-order valence-corrected chi connectivity index (χ1v) is 6.36. The molecule has 1 atom stereocenters. The average molecular weight is 256 g/mol. The quantitative estimate of drug-likeness (QED) is 0.848. The van der Waals surface area contributed by atoms with Gasteiger partial charge < -0.3 is 5.73 Å². The normalized spacial score (nSPS) is 14.8. The first kappa shape index (κ1) is 15.1. The summed E-state index contributed by atoms with van der Waals surface area (Å²) in [6, 6.07) is 3.56. The minimum absolute atomic E-state index is 0.187.